The Kier molecular flexibility index (Phi) is 2.89. The summed E-state index contributed by atoms with van der Waals surface area (Å²) in [6.07, 6.45) is 2.10. The molecule has 5 nitrogen and oxygen atoms in total. The van der Waals surface area contributed by atoms with Gasteiger partial charge in [-0.3, -0.25) is 4.79 Å². The molecule has 2 aromatic carbocycles. The molecule has 2 N–H and O–H groups in total. The third-order valence-electron chi connectivity index (χ3n) is 3.55. The minimum Gasteiger partial charge on any atom is -0.423 e. The molecular formula is C17H13N3O2. The van der Waals surface area contributed by atoms with Crippen LogP contribution in [0.4, 0.5) is 17.4 Å². The van der Waals surface area contributed by atoms with Crippen molar-refractivity contribution in [1.29, 1.82) is 0 Å². The molecule has 22 heavy (non-hydrogen) atoms. The molecule has 0 saturated carbocycles. The van der Waals surface area contributed by atoms with Crippen LogP contribution < -0.4 is 10.6 Å². The van der Waals surface area contributed by atoms with Crippen LogP contribution in [0.5, 0.6) is 0 Å². The van der Waals surface area contributed by atoms with Crippen molar-refractivity contribution in [1.82, 2.24) is 4.98 Å². The standard InChI is InChI=1S/C17H13N3O2/c21-16-9-12-8-13(6-7-14(12)20-16)19-17-18-10-15(22-17)11-4-2-1-3-5-11/h1-8,10H,9H2,(H,18,19)(H,20,21). The highest BCUT2D eigenvalue weighted by molar-refractivity contribution is 5.99. The van der Waals surface area contributed by atoms with Crippen LogP contribution in [0.3, 0.4) is 0 Å². The highest BCUT2D eigenvalue weighted by atomic mass is 16.4. The molecule has 0 bridgehead atoms. The number of hydrogen-bond acceptors (Lipinski definition) is 4. The Morgan fingerprint density at radius 2 is 2.00 bits per heavy atom. The van der Waals surface area contributed by atoms with Gasteiger partial charge in [0.15, 0.2) is 5.76 Å². The van der Waals surface area contributed by atoms with E-state index in [1.807, 2.05) is 48.5 Å². The van der Waals surface area contributed by atoms with Gasteiger partial charge >= 0.3 is 0 Å². The number of nitrogens with zero attached hydrogens (tertiary/aromatic N) is 1. The SMILES string of the molecule is O=C1Cc2cc(Nc3ncc(-c4ccccc4)o3)ccc2N1. The summed E-state index contributed by atoms with van der Waals surface area (Å²) in [4.78, 5) is 15.6. The maximum atomic E-state index is 11.4. The Morgan fingerprint density at radius 3 is 2.86 bits per heavy atom. The van der Waals surface area contributed by atoms with Gasteiger partial charge in [0.05, 0.1) is 12.6 Å². The van der Waals surface area contributed by atoms with E-state index in [0.717, 1.165) is 22.5 Å². The molecule has 0 radical (unpaired) electrons. The first kappa shape index (κ1) is 12.6. The number of carbonyl (C=O) groups excluding carboxylic acids is 1. The Labute approximate surface area is 127 Å². The lowest BCUT2D eigenvalue weighted by Crippen LogP contribution is -2.03. The Balaban J connectivity index is 1.56. The van der Waals surface area contributed by atoms with E-state index in [2.05, 4.69) is 15.6 Å². The van der Waals surface area contributed by atoms with Crippen molar-refractivity contribution in [3.05, 3.63) is 60.3 Å². The van der Waals surface area contributed by atoms with E-state index in [1.54, 1.807) is 6.20 Å². The molecule has 0 fully saturated rings. The molecule has 1 amide bonds. The lowest BCUT2D eigenvalue weighted by atomic mass is 10.1. The summed E-state index contributed by atoms with van der Waals surface area (Å²) in [6.45, 7) is 0. The predicted molar refractivity (Wildman–Crippen MR) is 84.0 cm³/mol. The van der Waals surface area contributed by atoms with E-state index in [1.165, 1.54) is 0 Å². The summed E-state index contributed by atoms with van der Waals surface area (Å²) < 4.78 is 5.71. The quantitative estimate of drug-likeness (QED) is 0.774. The van der Waals surface area contributed by atoms with E-state index in [-0.39, 0.29) is 5.91 Å². The molecule has 0 unspecified atom stereocenters. The molecule has 108 valence electrons. The molecule has 1 aromatic heterocycles. The van der Waals surface area contributed by atoms with E-state index in [4.69, 9.17) is 4.42 Å². The smallest absolute Gasteiger partial charge is 0.299 e. The third kappa shape index (κ3) is 2.33. The number of benzene rings is 2. The van der Waals surface area contributed by atoms with Crippen molar-refractivity contribution in [3.8, 4) is 11.3 Å². The molecule has 2 heterocycles. The number of carbonyl (C=O) groups is 1. The zero-order valence-electron chi connectivity index (χ0n) is 11.7. The monoisotopic (exact) mass is 291 g/mol. The topological polar surface area (TPSA) is 67.2 Å². The first-order valence-electron chi connectivity index (χ1n) is 6.99. The molecule has 0 atom stereocenters. The Morgan fingerprint density at radius 1 is 1.14 bits per heavy atom. The highest BCUT2D eigenvalue weighted by Crippen LogP contribution is 2.28. The van der Waals surface area contributed by atoms with Crippen molar-refractivity contribution >= 4 is 23.3 Å². The largest absolute Gasteiger partial charge is 0.423 e. The van der Waals surface area contributed by atoms with Crippen molar-refractivity contribution in [2.75, 3.05) is 10.6 Å². The summed E-state index contributed by atoms with van der Waals surface area (Å²) in [6, 6.07) is 15.9. The van der Waals surface area contributed by atoms with E-state index < -0.39 is 0 Å². The Hall–Kier alpha value is -3.08. The fourth-order valence-corrected chi connectivity index (χ4v) is 2.50. The predicted octanol–water partition coefficient (Wildman–Crippen LogP) is 3.58. The van der Waals surface area contributed by atoms with Crippen LogP contribution >= 0.6 is 0 Å². The van der Waals surface area contributed by atoms with Gasteiger partial charge in [0.2, 0.25) is 5.91 Å². The number of amides is 1. The number of nitrogens with one attached hydrogen (secondary N) is 2. The molecule has 5 heteroatoms. The van der Waals surface area contributed by atoms with E-state index in [0.29, 0.717) is 18.2 Å². The first-order chi connectivity index (χ1) is 10.8. The van der Waals surface area contributed by atoms with E-state index in [9.17, 15) is 4.79 Å². The zero-order valence-corrected chi connectivity index (χ0v) is 11.7. The van der Waals surface area contributed by atoms with Crippen molar-refractivity contribution in [2.45, 2.75) is 6.42 Å². The summed E-state index contributed by atoms with van der Waals surface area (Å²) in [5.74, 6) is 0.732. The van der Waals surface area contributed by atoms with Gasteiger partial charge in [-0.15, -0.1) is 0 Å². The second-order valence-corrected chi connectivity index (χ2v) is 5.12. The molecule has 3 aromatic rings. The van der Waals surface area contributed by atoms with Crippen LogP contribution in [-0.2, 0) is 11.2 Å². The lowest BCUT2D eigenvalue weighted by molar-refractivity contribution is -0.115. The van der Waals surface area contributed by atoms with Gasteiger partial charge in [-0.2, -0.15) is 0 Å². The van der Waals surface area contributed by atoms with Crippen molar-refractivity contribution in [3.63, 3.8) is 0 Å². The summed E-state index contributed by atoms with van der Waals surface area (Å²) in [5.41, 5.74) is 3.67. The molecular weight excluding hydrogens is 278 g/mol. The summed E-state index contributed by atoms with van der Waals surface area (Å²) in [7, 11) is 0. The average molecular weight is 291 g/mol. The van der Waals surface area contributed by atoms with Crippen LogP contribution in [0.1, 0.15) is 5.56 Å². The number of fused-ring (bicyclic) bond motifs is 1. The lowest BCUT2D eigenvalue weighted by Gasteiger charge is -2.04. The van der Waals surface area contributed by atoms with E-state index >= 15 is 0 Å². The van der Waals surface area contributed by atoms with Crippen LogP contribution in [0.25, 0.3) is 11.3 Å². The van der Waals surface area contributed by atoms with Crippen LogP contribution in [0.2, 0.25) is 0 Å². The number of oxazole rings is 1. The molecule has 4 rings (SSSR count). The summed E-state index contributed by atoms with van der Waals surface area (Å²) in [5, 5.41) is 5.93. The number of rotatable bonds is 3. The minimum atomic E-state index is 0.0228. The van der Waals surface area contributed by atoms with Gasteiger partial charge in [-0.25, -0.2) is 4.98 Å². The molecule has 0 saturated heterocycles. The van der Waals surface area contributed by atoms with Crippen LogP contribution in [0, 0.1) is 0 Å². The second-order valence-electron chi connectivity index (χ2n) is 5.12. The first-order valence-corrected chi connectivity index (χ1v) is 6.99. The molecule has 0 aliphatic carbocycles. The second kappa shape index (κ2) is 5.04. The van der Waals surface area contributed by atoms with Crippen LogP contribution in [0.15, 0.2) is 59.1 Å². The van der Waals surface area contributed by atoms with Gasteiger partial charge in [0.1, 0.15) is 0 Å². The van der Waals surface area contributed by atoms with Gasteiger partial charge in [0, 0.05) is 16.9 Å². The number of anilines is 3. The third-order valence-corrected chi connectivity index (χ3v) is 3.55. The number of aromatic nitrogens is 1. The van der Waals surface area contributed by atoms with Gasteiger partial charge in [-0.1, -0.05) is 30.3 Å². The maximum Gasteiger partial charge on any atom is 0.299 e. The average Bonchev–Trinajstić information content (AvgIpc) is 3.13. The normalized spacial score (nSPS) is 12.8. The van der Waals surface area contributed by atoms with Crippen LogP contribution in [-0.4, -0.2) is 10.9 Å². The fraction of sp³-hybridized carbons (Fsp3) is 0.0588. The zero-order chi connectivity index (χ0) is 14.9. The Bertz CT molecular complexity index is 840. The molecule has 1 aliphatic rings. The maximum absolute atomic E-state index is 11.4. The van der Waals surface area contributed by atoms with Gasteiger partial charge in [-0.05, 0) is 23.8 Å². The fourth-order valence-electron chi connectivity index (χ4n) is 2.50. The minimum absolute atomic E-state index is 0.0228. The van der Waals surface area contributed by atoms with Gasteiger partial charge in [0.25, 0.3) is 6.01 Å². The number of hydrogen-bond donors (Lipinski definition) is 2. The molecule has 1 aliphatic heterocycles. The highest BCUT2D eigenvalue weighted by Gasteiger charge is 2.17. The molecule has 0 spiro atoms. The van der Waals surface area contributed by atoms with Crippen molar-refractivity contribution in [2.24, 2.45) is 0 Å². The van der Waals surface area contributed by atoms with Crippen molar-refractivity contribution < 1.29 is 9.21 Å². The summed E-state index contributed by atoms with van der Waals surface area (Å²) >= 11 is 0. The van der Waals surface area contributed by atoms with Gasteiger partial charge < -0.3 is 15.1 Å².